The summed E-state index contributed by atoms with van der Waals surface area (Å²) in [5.74, 6) is -0.735. The molecule has 1 heterocycles. The van der Waals surface area contributed by atoms with Gasteiger partial charge in [0.05, 0.1) is 7.11 Å². The van der Waals surface area contributed by atoms with Gasteiger partial charge >= 0.3 is 0 Å². The summed E-state index contributed by atoms with van der Waals surface area (Å²) in [6, 6.07) is 11.1. The lowest BCUT2D eigenvalue weighted by atomic mass is 10.2. The SMILES string of the molecule is COc1ccc(C=CC(=O)NCCN2CCN(c3ccc(F)cc3)CC2)cc1F. The molecule has 1 N–H and O–H groups in total. The van der Waals surface area contributed by atoms with E-state index < -0.39 is 5.82 Å². The minimum atomic E-state index is -0.463. The van der Waals surface area contributed by atoms with Crippen molar-refractivity contribution in [2.75, 3.05) is 51.3 Å². The molecule has 0 saturated carbocycles. The minimum Gasteiger partial charge on any atom is -0.494 e. The van der Waals surface area contributed by atoms with Crippen LogP contribution in [0.25, 0.3) is 6.08 Å². The molecule has 7 heteroatoms. The average molecular weight is 401 g/mol. The monoisotopic (exact) mass is 401 g/mol. The zero-order valence-electron chi connectivity index (χ0n) is 16.4. The molecule has 5 nitrogen and oxygen atoms in total. The van der Waals surface area contributed by atoms with Crippen LogP contribution < -0.4 is 15.0 Å². The molecule has 3 rings (SSSR count). The Kier molecular flexibility index (Phi) is 7.19. The Morgan fingerprint density at radius 2 is 1.83 bits per heavy atom. The van der Waals surface area contributed by atoms with Crippen molar-refractivity contribution in [2.24, 2.45) is 0 Å². The number of carbonyl (C=O) groups is 1. The third-order valence-corrected chi connectivity index (χ3v) is 4.89. The number of nitrogens with one attached hydrogen (secondary N) is 1. The number of benzene rings is 2. The number of anilines is 1. The summed E-state index contributed by atoms with van der Waals surface area (Å²) < 4.78 is 31.6. The minimum absolute atomic E-state index is 0.172. The van der Waals surface area contributed by atoms with Crippen LogP contribution in [0.15, 0.2) is 48.5 Å². The smallest absolute Gasteiger partial charge is 0.244 e. The summed E-state index contributed by atoms with van der Waals surface area (Å²) in [6.45, 7) is 4.79. The lowest BCUT2D eigenvalue weighted by Gasteiger charge is -2.36. The van der Waals surface area contributed by atoms with E-state index in [1.54, 1.807) is 24.3 Å². The van der Waals surface area contributed by atoms with E-state index in [0.29, 0.717) is 12.1 Å². The van der Waals surface area contributed by atoms with Crippen LogP contribution in [-0.2, 0) is 4.79 Å². The molecule has 0 atom stereocenters. The summed E-state index contributed by atoms with van der Waals surface area (Å²) in [7, 11) is 1.41. The molecule has 1 aliphatic rings. The Labute approximate surface area is 169 Å². The Hall–Kier alpha value is -2.93. The molecule has 154 valence electrons. The third-order valence-electron chi connectivity index (χ3n) is 4.89. The zero-order valence-corrected chi connectivity index (χ0v) is 16.4. The molecule has 0 spiro atoms. The molecule has 29 heavy (non-hydrogen) atoms. The van der Waals surface area contributed by atoms with E-state index in [2.05, 4.69) is 15.1 Å². The Morgan fingerprint density at radius 1 is 1.10 bits per heavy atom. The number of carbonyl (C=O) groups excluding carboxylic acids is 1. The fraction of sp³-hybridized carbons (Fsp3) is 0.318. The molecular weight excluding hydrogens is 376 g/mol. The van der Waals surface area contributed by atoms with Gasteiger partial charge in [-0.1, -0.05) is 6.07 Å². The first-order chi connectivity index (χ1) is 14.0. The number of amides is 1. The number of hydrogen-bond donors (Lipinski definition) is 1. The van der Waals surface area contributed by atoms with Crippen LogP contribution >= 0.6 is 0 Å². The van der Waals surface area contributed by atoms with Crippen LogP contribution in [0.5, 0.6) is 5.75 Å². The number of halogens is 2. The summed E-state index contributed by atoms with van der Waals surface area (Å²) in [4.78, 5) is 16.5. The molecule has 0 aromatic heterocycles. The zero-order chi connectivity index (χ0) is 20.6. The van der Waals surface area contributed by atoms with Gasteiger partial charge < -0.3 is 15.0 Å². The normalized spacial score (nSPS) is 14.9. The quantitative estimate of drug-likeness (QED) is 0.725. The Morgan fingerprint density at radius 3 is 2.48 bits per heavy atom. The molecule has 2 aromatic carbocycles. The van der Waals surface area contributed by atoms with Crippen molar-refractivity contribution in [3.63, 3.8) is 0 Å². The number of methoxy groups -OCH3 is 1. The molecule has 0 radical (unpaired) electrons. The van der Waals surface area contributed by atoms with E-state index in [0.717, 1.165) is 38.4 Å². The van der Waals surface area contributed by atoms with Gasteiger partial charge in [-0.05, 0) is 48.0 Å². The van der Waals surface area contributed by atoms with Crippen LogP contribution in [-0.4, -0.2) is 57.2 Å². The van der Waals surface area contributed by atoms with E-state index in [1.165, 1.54) is 37.5 Å². The highest BCUT2D eigenvalue weighted by atomic mass is 19.1. The highest BCUT2D eigenvalue weighted by Crippen LogP contribution is 2.18. The number of nitrogens with zero attached hydrogens (tertiary/aromatic N) is 2. The average Bonchev–Trinajstić information content (AvgIpc) is 2.73. The molecule has 1 saturated heterocycles. The second-order valence-corrected chi connectivity index (χ2v) is 6.82. The van der Waals surface area contributed by atoms with Crippen molar-refractivity contribution in [1.82, 2.24) is 10.2 Å². The van der Waals surface area contributed by atoms with Crippen LogP contribution in [0.3, 0.4) is 0 Å². The molecule has 1 fully saturated rings. The summed E-state index contributed by atoms with van der Waals surface area (Å²) >= 11 is 0. The predicted octanol–water partition coefficient (Wildman–Crippen LogP) is 2.93. The van der Waals surface area contributed by atoms with Gasteiger partial charge in [-0.15, -0.1) is 0 Å². The summed E-state index contributed by atoms with van der Waals surface area (Å²) in [6.07, 6.45) is 2.97. The first kappa shape index (κ1) is 20.8. The molecule has 1 aliphatic heterocycles. The predicted molar refractivity (Wildman–Crippen MR) is 110 cm³/mol. The van der Waals surface area contributed by atoms with Gasteiger partial charge in [-0.3, -0.25) is 9.69 Å². The third kappa shape index (κ3) is 6.02. The maximum Gasteiger partial charge on any atom is 0.244 e. The fourth-order valence-electron chi connectivity index (χ4n) is 3.24. The number of piperazine rings is 1. The van der Waals surface area contributed by atoms with Crippen LogP contribution in [0.1, 0.15) is 5.56 Å². The second kappa shape index (κ2) is 10.0. The lowest BCUT2D eigenvalue weighted by molar-refractivity contribution is -0.116. The van der Waals surface area contributed by atoms with Crippen LogP contribution in [0.2, 0.25) is 0 Å². The molecule has 0 unspecified atom stereocenters. The first-order valence-corrected chi connectivity index (χ1v) is 9.57. The van der Waals surface area contributed by atoms with Gasteiger partial charge in [0.1, 0.15) is 5.82 Å². The maximum absolute atomic E-state index is 13.7. The van der Waals surface area contributed by atoms with E-state index in [9.17, 15) is 13.6 Å². The van der Waals surface area contributed by atoms with Crippen molar-refractivity contribution >= 4 is 17.7 Å². The van der Waals surface area contributed by atoms with Crippen LogP contribution in [0.4, 0.5) is 14.5 Å². The highest BCUT2D eigenvalue weighted by Gasteiger charge is 2.16. The van der Waals surface area contributed by atoms with E-state index in [-0.39, 0.29) is 17.5 Å². The fourth-order valence-corrected chi connectivity index (χ4v) is 3.24. The summed E-state index contributed by atoms with van der Waals surface area (Å²) in [5, 5.41) is 2.85. The second-order valence-electron chi connectivity index (χ2n) is 6.82. The molecule has 1 amide bonds. The van der Waals surface area contributed by atoms with Crippen molar-refractivity contribution in [3.05, 3.63) is 65.7 Å². The largest absolute Gasteiger partial charge is 0.494 e. The maximum atomic E-state index is 13.7. The van der Waals surface area contributed by atoms with Gasteiger partial charge in [-0.25, -0.2) is 8.78 Å². The highest BCUT2D eigenvalue weighted by molar-refractivity contribution is 5.91. The Bertz CT molecular complexity index is 848. The number of ether oxygens (including phenoxy) is 1. The summed E-state index contributed by atoms with van der Waals surface area (Å²) in [5.41, 5.74) is 1.62. The first-order valence-electron chi connectivity index (χ1n) is 9.57. The van der Waals surface area contributed by atoms with E-state index >= 15 is 0 Å². The van der Waals surface area contributed by atoms with Gasteiger partial charge in [-0.2, -0.15) is 0 Å². The molecule has 0 bridgehead atoms. The topological polar surface area (TPSA) is 44.8 Å². The van der Waals surface area contributed by atoms with Gasteiger partial charge in [0.25, 0.3) is 0 Å². The van der Waals surface area contributed by atoms with Crippen LogP contribution in [0, 0.1) is 11.6 Å². The van der Waals surface area contributed by atoms with Gasteiger partial charge in [0, 0.05) is 51.0 Å². The van der Waals surface area contributed by atoms with E-state index in [4.69, 9.17) is 4.74 Å². The lowest BCUT2D eigenvalue weighted by Crippen LogP contribution is -2.48. The van der Waals surface area contributed by atoms with Crippen molar-refractivity contribution in [1.29, 1.82) is 0 Å². The van der Waals surface area contributed by atoms with Crippen molar-refractivity contribution in [2.45, 2.75) is 0 Å². The molecule has 0 aliphatic carbocycles. The molecule has 2 aromatic rings. The number of rotatable bonds is 7. The van der Waals surface area contributed by atoms with Crippen molar-refractivity contribution in [3.8, 4) is 5.75 Å². The number of hydrogen-bond acceptors (Lipinski definition) is 4. The van der Waals surface area contributed by atoms with Gasteiger partial charge in [0.15, 0.2) is 11.6 Å². The van der Waals surface area contributed by atoms with Crippen molar-refractivity contribution < 1.29 is 18.3 Å². The van der Waals surface area contributed by atoms with Gasteiger partial charge in [0.2, 0.25) is 5.91 Å². The standard InChI is InChI=1S/C22H25F2N3O2/c1-29-21-8-2-17(16-20(21)24)3-9-22(28)25-10-11-26-12-14-27(15-13-26)19-6-4-18(23)5-7-19/h2-9,16H,10-15H2,1H3,(H,25,28). The van der Waals surface area contributed by atoms with E-state index in [1.807, 2.05) is 0 Å². The molecular formula is C22H25F2N3O2. The Balaban J connectivity index is 1.37.